The first-order valence-corrected chi connectivity index (χ1v) is 11.7. The molecule has 0 bridgehead atoms. The van der Waals surface area contributed by atoms with Crippen molar-refractivity contribution in [2.75, 3.05) is 0 Å². The summed E-state index contributed by atoms with van der Waals surface area (Å²) >= 11 is 0. The van der Waals surface area contributed by atoms with E-state index in [0.717, 1.165) is 52.2 Å². The van der Waals surface area contributed by atoms with E-state index in [1.54, 1.807) is 0 Å². The Morgan fingerprint density at radius 1 is 0.903 bits per heavy atom. The first-order chi connectivity index (χ1) is 14.8. The van der Waals surface area contributed by atoms with Gasteiger partial charge in [0.05, 0.1) is 19.4 Å². The molecule has 3 nitrogen and oxygen atoms in total. The number of nitrogens with zero attached hydrogens (tertiary/aromatic N) is 3. The van der Waals surface area contributed by atoms with Gasteiger partial charge in [-0.05, 0) is 32.8 Å². The first kappa shape index (κ1) is 26.0. The van der Waals surface area contributed by atoms with Gasteiger partial charge in [0.15, 0.2) is 0 Å². The van der Waals surface area contributed by atoms with Gasteiger partial charge in [0, 0.05) is 29.6 Å². The minimum atomic E-state index is -0.668. The number of unbranched alkanes of at least 4 members (excludes halogenated alkanes) is 8. The zero-order valence-electron chi connectivity index (χ0n) is 19.9. The molecule has 0 amide bonds. The summed E-state index contributed by atoms with van der Waals surface area (Å²) in [6, 6.07) is 0. The van der Waals surface area contributed by atoms with Crippen molar-refractivity contribution in [2.45, 2.75) is 91.9 Å². The zero-order chi connectivity index (χ0) is 23.0. The average molecular weight is 403 g/mol. The van der Waals surface area contributed by atoms with Crippen molar-refractivity contribution in [3.63, 3.8) is 0 Å². The fraction of sp³-hybridized carbons (Fsp3) is 0.636. The van der Waals surface area contributed by atoms with Gasteiger partial charge in [-0.1, -0.05) is 74.8 Å². The normalized spacial score (nSPS) is 11.1. The van der Waals surface area contributed by atoms with Crippen LogP contribution in [0.4, 0.5) is 0 Å². The number of aryl methyl sites for hydroxylation is 2. The number of hydrogen-bond acceptors (Lipinski definition) is 2. The van der Waals surface area contributed by atoms with Crippen LogP contribution in [0.1, 0.15) is 87.5 Å². The van der Waals surface area contributed by atoms with Gasteiger partial charge >= 0.3 is 0 Å². The maximum Gasteiger partial charge on any atom is 0.148 e. The third-order valence-electron chi connectivity index (χ3n) is 6.11. The van der Waals surface area contributed by atoms with E-state index in [9.17, 15) is 0 Å². The van der Waals surface area contributed by atoms with Crippen molar-refractivity contribution in [1.82, 2.24) is 14.8 Å². The molecule has 0 atom stereocenters. The molecule has 9 radical (unpaired) electrons. The Bertz CT molecular complexity index is 851. The van der Waals surface area contributed by atoms with Crippen LogP contribution in [0.5, 0.6) is 0 Å². The largest absolute Gasteiger partial charge is 0.218 e. The summed E-state index contributed by atoms with van der Waals surface area (Å²) in [7, 11) is 26.1. The Morgan fingerprint density at radius 2 is 1.48 bits per heavy atom. The average Bonchev–Trinajstić information content (AvgIpc) is 3.09. The molecule has 0 saturated carbocycles. The van der Waals surface area contributed by atoms with E-state index >= 15 is 0 Å². The number of hydrogen-bond donors (Lipinski definition) is 0. The van der Waals surface area contributed by atoms with E-state index in [2.05, 4.69) is 12.0 Å². The van der Waals surface area contributed by atoms with E-state index in [4.69, 9.17) is 36.0 Å². The van der Waals surface area contributed by atoms with Crippen LogP contribution >= 0.6 is 0 Å². The van der Waals surface area contributed by atoms with Gasteiger partial charge in [-0.3, -0.25) is 0 Å². The minimum absolute atomic E-state index is 0.626. The highest BCUT2D eigenvalue weighted by atomic mass is 15.3. The number of aromatic nitrogens is 3. The summed E-state index contributed by atoms with van der Waals surface area (Å²) in [4.78, 5) is 4.70. The van der Waals surface area contributed by atoms with E-state index in [1.807, 2.05) is 25.5 Å². The maximum atomic E-state index is 6.40. The van der Waals surface area contributed by atoms with Crippen molar-refractivity contribution in [2.24, 2.45) is 0 Å². The Kier molecular flexibility index (Phi) is 10.7. The van der Waals surface area contributed by atoms with Gasteiger partial charge in [-0.15, -0.1) is 5.46 Å². The Balaban J connectivity index is 2.17. The fourth-order valence-corrected chi connectivity index (χ4v) is 4.35. The van der Waals surface area contributed by atoms with E-state index in [-0.39, 0.29) is 0 Å². The lowest BCUT2D eigenvalue weighted by molar-refractivity contribution is 0.560. The van der Waals surface area contributed by atoms with Crippen molar-refractivity contribution in [3.8, 4) is 5.69 Å². The van der Waals surface area contributed by atoms with Crippen LogP contribution < -0.4 is 16.4 Å². The van der Waals surface area contributed by atoms with Crippen LogP contribution in [0.3, 0.4) is 0 Å². The third-order valence-corrected chi connectivity index (χ3v) is 6.11. The fourth-order valence-electron chi connectivity index (χ4n) is 4.35. The summed E-state index contributed by atoms with van der Waals surface area (Å²) in [6.45, 7) is 7.41. The highest BCUT2D eigenvalue weighted by Gasteiger charge is 2.22. The summed E-state index contributed by atoms with van der Waals surface area (Å²) in [5, 5.41) is 4.68. The molecule has 0 fully saturated rings. The molecule has 31 heavy (non-hydrogen) atoms. The molecular weight excluding hydrogens is 371 g/mol. The van der Waals surface area contributed by atoms with Gasteiger partial charge in [0.25, 0.3) is 0 Å². The Hall–Kier alpha value is -1.25. The first-order valence-electron chi connectivity index (χ1n) is 11.7. The van der Waals surface area contributed by atoms with Crippen LogP contribution in [0.2, 0.25) is 0 Å². The maximum absolute atomic E-state index is 6.40. The molecule has 1 heterocycles. The molecule has 0 aliphatic rings. The number of rotatable bonds is 13. The lowest BCUT2D eigenvalue weighted by Gasteiger charge is -2.25. The summed E-state index contributed by atoms with van der Waals surface area (Å²) in [5.41, 5.74) is 4.80. The van der Waals surface area contributed by atoms with Gasteiger partial charge < -0.3 is 0 Å². The summed E-state index contributed by atoms with van der Waals surface area (Å²) in [5.74, 6) is 1.65. The topological polar surface area (TPSA) is 30.7 Å². The van der Waals surface area contributed by atoms with Gasteiger partial charge in [0.1, 0.15) is 19.5 Å². The van der Waals surface area contributed by atoms with Gasteiger partial charge in [-0.25, -0.2) is 9.67 Å². The minimum Gasteiger partial charge on any atom is -0.218 e. The molecule has 1 aromatic heterocycles. The molecule has 9 heteroatoms. The lowest BCUT2D eigenvalue weighted by Crippen LogP contribution is -2.48. The molecule has 0 unspecified atom stereocenters. The monoisotopic (exact) mass is 404 g/mol. The smallest absolute Gasteiger partial charge is 0.148 e. The predicted octanol–water partition coefficient (Wildman–Crippen LogP) is 1.50. The second-order valence-corrected chi connectivity index (χ2v) is 8.60. The van der Waals surface area contributed by atoms with Crippen molar-refractivity contribution in [1.29, 1.82) is 0 Å². The third kappa shape index (κ3) is 6.62. The highest BCUT2D eigenvalue weighted by Crippen LogP contribution is 2.16. The SMILES string of the molecule is [B][B]c1c([B])c(C)c(-n2nc(C)nc2CCCCCCCCCCC)c(B([B])[B])c1C. The predicted molar refractivity (Wildman–Crippen MR) is 140 cm³/mol. The summed E-state index contributed by atoms with van der Waals surface area (Å²) in [6.07, 6.45) is 12.5. The molecule has 0 saturated heterocycles. The van der Waals surface area contributed by atoms with Crippen molar-refractivity contribution < 1.29 is 0 Å². The molecule has 153 valence electrons. The van der Waals surface area contributed by atoms with Crippen molar-refractivity contribution in [3.05, 3.63) is 22.8 Å². The highest BCUT2D eigenvalue weighted by molar-refractivity contribution is 7.35. The van der Waals surface area contributed by atoms with E-state index in [0.29, 0.717) is 5.46 Å². The van der Waals surface area contributed by atoms with Crippen LogP contribution in [0.15, 0.2) is 0 Å². The molecule has 0 spiro atoms. The molecule has 2 aromatic rings. The van der Waals surface area contributed by atoms with Gasteiger partial charge in [-0.2, -0.15) is 5.10 Å². The quantitative estimate of drug-likeness (QED) is 0.375. The summed E-state index contributed by atoms with van der Waals surface area (Å²) < 4.78 is 1.89. The Morgan fingerprint density at radius 3 is 2.03 bits per heavy atom. The zero-order valence-corrected chi connectivity index (χ0v) is 19.9. The van der Waals surface area contributed by atoms with E-state index < -0.39 is 6.49 Å². The molecular formula is C22H32B6N3. The standard InChI is InChI=1S/C22H32B6N3/c1-5-6-7-8-9-10-11-12-13-14-18-29-17(4)30-31(18)22-15(2)19(23)20(27-24)16(3)21(22)28(25)26/h5-14H2,1-4H3. The van der Waals surface area contributed by atoms with Crippen LogP contribution in [0, 0.1) is 20.8 Å². The second-order valence-electron chi connectivity index (χ2n) is 8.60. The van der Waals surface area contributed by atoms with Crippen LogP contribution in [-0.4, -0.2) is 59.5 Å². The molecule has 1 aromatic carbocycles. The lowest BCUT2D eigenvalue weighted by atomic mass is 9.16. The Labute approximate surface area is 196 Å². The number of benzene rings is 1. The van der Waals surface area contributed by atoms with Gasteiger partial charge in [0.2, 0.25) is 0 Å². The van der Waals surface area contributed by atoms with Crippen LogP contribution in [0.25, 0.3) is 5.69 Å². The second kappa shape index (κ2) is 12.7. The molecule has 0 aliphatic carbocycles. The molecule has 0 aliphatic heterocycles. The van der Waals surface area contributed by atoms with Crippen LogP contribution in [-0.2, 0) is 6.42 Å². The molecule has 0 N–H and O–H groups in total. The molecule has 2 rings (SSSR count). The van der Waals surface area contributed by atoms with E-state index in [1.165, 1.54) is 58.5 Å². The van der Waals surface area contributed by atoms with Crippen molar-refractivity contribution >= 4 is 61.1 Å².